The van der Waals surface area contributed by atoms with Crippen LogP contribution >= 0.6 is 0 Å². The van der Waals surface area contributed by atoms with Crippen molar-refractivity contribution in [2.75, 3.05) is 18.8 Å². The van der Waals surface area contributed by atoms with E-state index >= 15 is 0 Å². The fourth-order valence-electron chi connectivity index (χ4n) is 2.78. The summed E-state index contributed by atoms with van der Waals surface area (Å²) in [5, 5.41) is 15.2. The predicted octanol–water partition coefficient (Wildman–Crippen LogP) is 2.11. The molecule has 3 aromatic rings. The molecule has 8 nitrogen and oxygen atoms in total. The highest BCUT2D eigenvalue weighted by Gasteiger charge is 2.15. The third-order valence-corrected chi connectivity index (χ3v) is 3.98. The predicted molar refractivity (Wildman–Crippen MR) is 102 cm³/mol. The molecule has 1 amide bonds. The van der Waals surface area contributed by atoms with Gasteiger partial charge in [-0.15, -0.1) is 0 Å². The molecule has 0 fully saturated rings. The monoisotopic (exact) mass is 369 g/mol. The summed E-state index contributed by atoms with van der Waals surface area (Å²) in [4.78, 5) is 11.9. The van der Waals surface area contributed by atoms with Crippen LogP contribution in [0, 0.1) is 0 Å². The van der Waals surface area contributed by atoms with Gasteiger partial charge in [-0.3, -0.25) is 4.79 Å². The molecule has 142 valence electrons. The quantitative estimate of drug-likeness (QED) is 0.521. The number of hydrogen-bond donors (Lipinski definition) is 3. The molecule has 3 rings (SSSR count). The summed E-state index contributed by atoms with van der Waals surface area (Å²) in [5.41, 5.74) is 6.59. The summed E-state index contributed by atoms with van der Waals surface area (Å²) in [7, 11) is 0. The Morgan fingerprint density at radius 1 is 1.19 bits per heavy atom. The zero-order chi connectivity index (χ0) is 19.2. The number of fused-ring (bicyclic) bond motifs is 1. The van der Waals surface area contributed by atoms with Crippen LogP contribution in [0.5, 0.6) is 5.75 Å². The van der Waals surface area contributed by atoms with Crippen LogP contribution < -0.4 is 21.1 Å². The minimum atomic E-state index is -0.412. The molecule has 0 spiro atoms. The zero-order valence-electron chi connectivity index (χ0n) is 15.4. The van der Waals surface area contributed by atoms with Crippen molar-refractivity contribution in [2.24, 2.45) is 0 Å². The first-order valence-electron chi connectivity index (χ1n) is 8.80. The molecule has 0 aliphatic heterocycles. The van der Waals surface area contributed by atoms with Crippen LogP contribution in [0.4, 0.5) is 5.82 Å². The molecule has 0 atom stereocenters. The van der Waals surface area contributed by atoms with Crippen LogP contribution in [0.3, 0.4) is 0 Å². The summed E-state index contributed by atoms with van der Waals surface area (Å²) in [6.07, 6.45) is 0.0886. The minimum Gasteiger partial charge on any atom is -0.491 e. The van der Waals surface area contributed by atoms with Crippen LogP contribution in [-0.2, 0) is 6.54 Å². The standard InChI is InChI=1S/C19H23N5O3/c1-12(2)26-16-8-7-13-5-3-4-6-14(13)15(16)11-21-9-10-22-19(25)17-18(20)24-27-23-17/h3-8,12,21H,9-11H2,1-2H3,(H2,20,24)(H,22,25). The van der Waals surface area contributed by atoms with Crippen molar-refractivity contribution in [3.8, 4) is 5.75 Å². The molecule has 4 N–H and O–H groups in total. The average molecular weight is 369 g/mol. The number of aromatic nitrogens is 2. The third-order valence-electron chi connectivity index (χ3n) is 3.98. The molecule has 0 aliphatic carbocycles. The molecule has 1 aromatic heterocycles. The van der Waals surface area contributed by atoms with Gasteiger partial charge >= 0.3 is 0 Å². The van der Waals surface area contributed by atoms with Gasteiger partial charge in [0.2, 0.25) is 11.5 Å². The lowest BCUT2D eigenvalue weighted by molar-refractivity contribution is 0.0944. The van der Waals surface area contributed by atoms with Crippen molar-refractivity contribution < 1.29 is 14.2 Å². The van der Waals surface area contributed by atoms with Gasteiger partial charge in [0.15, 0.2) is 0 Å². The highest BCUT2D eigenvalue weighted by Crippen LogP contribution is 2.28. The van der Waals surface area contributed by atoms with Crippen molar-refractivity contribution in [2.45, 2.75) is 26.5 Å². The molecule has 0 saturated carbocycles. The Hall–Kier alpha value is -3.13. The van der Waals surface area contributed by atoms with E-state index in [2.05, 4.69) is 43.8 Å². The molecule has 0 aliphatic rings. The fraction of sp³-hybridized carbons (Fsp3) is 0.316. The maximum Gasteiger partial charge on any atom is 0.277 e. The molecular formula is C19H23N5O3. The summed E-state index contributed by atoms with van der Waals surface area (Å²) >= 11 is 0. The molecular weight excluding hydrogens is 346 g/mol. The van der Waals surface area contributed by atoms with E-state index in [1.54, 1.807) is 0 Å². The number of nitrogens with zero attached hydrogens (tertiary/aromatic N) is 2. The Morgan fingerprint density at radius 2 is 2.00 bits per heavy atom. The first-order valence-corrected chi connectivity index (χ1v) is 8.80. The summed E-state index contributed by atoms with van der Waals surface area (Å²) in [5.74, 6) is 0.429. The second-order valence-corrected chi connectivity index (χ2v) is 6.36. The number of ether oxygens (including phenoxy) is 1. The lowest BCUT2D eigenvalue weighted by Crippen LogP contribution is -2.32. The van der Waals surface area contributed by atoms with E-state index in [0.29, 0.717) is 19.6 Å². The Bertz CT molecular complexity index is 923. The van der Waals surface area contributed by atoms with Crippen LogP contribution in [-0.4, -0.2) is 35.4 Å². The first-order chi connectivity index (χ1) is 13.1. The van der Waals surface area contributed by atoms with Crippen LogP contribution in [0.2, 0.25) is 0 Å². The Kier molecular flexibility index (Phi) is 5.87. The molecule has 8 heteroatoms. The van der Waals surface area contributed by atoms with Gasteiger partial charge in [-0.25, -0.2) is 4.63 Å². The lowest BCUT2D eigenvalue weighted by Gasteiger charge is -2.17. The van der Waals surface area contributed by atoms with Gasteiger partial charge in [0.05, 0.1) is 6.10 Å². The highest BCUT2D eigenvalue weighted by atomic mass is 16.6. The number of benzene rings is 2. The maximum absolute atomic E-state index is 11.9. The van der Waals surface area contributed by atoms with E-state index in [9.17, 15) is 4.79 Å². The lowest BCUT2D eigenvalue weighted by atomic mass is 10.0. The zero-order valence-corrected chi connectivity index (χ0v) is 15.4. The summed E-state index contributed by atoms with van der Waals surface area (Å²) in [6.45, 7) is 5.61. The van der Waals surface area contributed by atoms with Crippen molar-refractivity contribution in [1.82, 2.24) is 20.9 Å². The van der Waals surface area contributed by atoms with Gasteiger partial charge in [0, 0.05) is 25.2 Å². The van der Waals surface area contributed by atoms with Gasteiger partial charge in [0.1, 0.15) is 5.75 Å². The van der Waals surface area contributed by atoms with Gasteiger partial charge in [-0.05, 0) is 41.0 Å². The van der Waals surface area contributed by atoms with Crippen molar-refractivity contribution in [1.29, 1.82) is 0 Å². The molecule has 1 heterocycles. The second-order valence-electron chi connectivity index (χ2n) is 6.36. The van der Waals surface area contributed by atoms with Crippen molar-refractivity contribution >= 4 is 22.5 Å². The molecule has 0 radical (unpaired) electrons. The largest absolute Gasteiger partial charge is 0.491 e. The topological polar surface area (TPSA) is 115 Å². The number of rotatable bonds is 8. The minimum absolute atomic E-state index is 0.00308. The van der Waals surface area contributed by atoms with Gasteiger partial charge in [-0.2, -0.15) is 0 Å². The fourth-order valence-corrected chi connectivity index (χ4v) is 2.78. The molecule has 2 aromatic carbocycles. The number of nitrogen functional groups attached to an aromatic ring is 1. The number of anilines is 1. The Balaban J connectivity index is 1.61. The van der Waals surface area contributed by atoms with E-state index in [-0.39, 0.29) is 17.6 Å². The third kappa shape index (κ3) is 4.53. The maximum atomic E-state index is 11.9. The summed E-state index contributed by atoms with van der Waals surface area (Å²) < 4.78 is 10.4. The number of hydrogen-bond acceptors (Lipinski definition) is 7. The normalized spacial score (nSPS) is 11.1. The van der Waals surface area contributed by atoms with E-state index in [0.717, 1.165) is 22.1 Å². The second kappa shape index (κ2) is 8.50. The van der Waals surface area contributed by atoms with Gasteiger partial charge in [0.25, 0.3) is 5.91 Å². The van der Waals surface area contributed by atoms with Crippen LogP contribution in [0.15, 0.2) is 41.0 Å². The molecule has 0 saturated heterocycles. The van der Waals surface area contributed by atoms with E-state index in [1.807, 2.05) is 32.0 Å². The Morgan fingerprint density at radius 3 is 2.74 bits per heavy atom. The van der Waals surface area contributed by atoms with E-state index in [4.69, 9.17) is 10.5 Å². The van der Waals surface area contributed by atoms with Crippen molar-refractivity contribution in [3.63, 3.8) is 0 Å². The Labute approximate surface area is 157 Å². The van der Waals surface area contributed by atoms with E-state index in [1.165, 1.54) is 0 Å². The number of carbonyl (C=O) groups excluding carboxylic acids is 1. The first kappa shape index (κ1) is 18.7. The van der Waals surface area contributed by atoms with Crippen LogP contribution in [0.25, 0.3) is 10.8 Å². The molecule has 0 unspecified atom stereocenters. The van der Waals surface area contributed by atoms with E-state index < -0.39 is 5.91 Å². The number of carbonyl (C=O) groups is 1. The smallest absolute Gasteiger partial charge is 0.277 e. The summed E-state index contributed by atoms with van der Waals surface area (Å²) in [6, 6.07) is 12.3. The number of amides is 1. The number of nitrogens with two attached hydrogens (primary N) is 1. The van der Waals surface area contributed by atoms with Gasteiger partial charge < -0.3 is 21.1 Å². The number of nitrogens with one attached hydrogen (secondary N) is 2. The van der Waals surface area contributed by atoms with Crippen LogP contribution in [0.1, 0.15) is 29.9 Å². The highest BCUT2D eigenvalue weighted by molar-refractivity contribution is 5.95. The van der Waals surface area contributed by atoms with Gasteiger partial charge in [-0.1, -0.05) is 30.3 Å². The molecule has 27 heavy (non-hydrogen) atoms. The molecule has 0 bridgehead atoms. The van der Waals surface area contributed by atoms with Crippen molar-refractivity contribution in [3.05, 3.63) is 47.7 Å². The SMILES string of the molecule is CC(C)Oc1ccc2ccccc2c1CNCCNC(=O)c1nonc1N. The average Bonchev–Trinajstić information content (AvgIpc) is 3.08.